The highest BCUT2D eigenvalue weighted by atomic mass is 15.2. The summed E-state index contributed by atoms with van der Waals surface area (Å²) in [5, 5.41) is 1.03. The smallest absolute Gasteiger partial charge is 0.230 e. The molecule has 1 aliphatic carbocycles. The van der Waals surface area contributed by atoms with Gasteiger partial charge in [-0.05, 0) is 68.8 Å². The summed E-state index contributed by atoms with van der Waals surface area (Å²) in [6.45, 7) is 0. The third kappa shape index (κ3) is 3.90. The van der Waals surface area contributed by atoms with Gasteiger partial charge in [0.15, 0.2) is 0 Å². The monoisotopic (exact) mass is 537 g/mol. The van der Waals surface area contributed by atoms with Gasteiger partial charge in [0.2, 0.25) is 5.95 Å². The van der Waals surface area contributed by atoms with Crippen molar-refractivity contribution in [3.8, 4) is 55.8 Å². The Labute approximate surface area is 245 Å². The van der Waals surface area contributed by atoms with Crippen LogP contribution >= 0.6 is 0 Å². The minimum absolute atomic E-state index is 0.668. The molecule has 7 aromatic rings. The Hall–Kier alpha value is -5.54. The fourth-order valence-corrected chi connectivity index (χ4v) is 6.21. The lowest BCUT2D eigenvalue weighted by molar-refractivity contribution is 1.07. The predicted octanol–water partition coefficient (Wildman–Crippen LogP) is 10.0. The number of anilines is 2. The van der Waals surface area contributed by atoms with E-state index in [-0.39, 0.29) is 0 Å². The zero-order valence-electron chi connectivity index (χ0n) is 23.2. The third-order valence-corrected chi connectivity index (χ3v) is 8.27. The van der Waals surface area contributed by atoms with Crippen LogP contribution in [0.5, 0.6) is 0 Å². The summed E-state index contributed by atoms with van der Waals surface area (Å²) in [5.74, 6) is 0.668. The molecule has 0 N–H and O–H groups in total. The summed E-state index contributed by atoms with van der Waals surface area (Å²) in [4.78, 5) is 12.2. The van der Waals surface area contributed by atoms with Crippen molar-refractivity contribution in [1.82, 2.24) is 9.97 Å². The molecule has 8 rings (SSSR count). The highest BCUT2D eigenvalue weighted by Crippen LogP contribution is 2.48. The van der Waals surface area contributed by atoms with Gasteiger partial charge in [0, 0.05) is 23.7 Å². The van der Waals surface area contributed by atoms with Gasteiger partial charge in [-0.15, -0.1) is 0 Å². The molecule has 3 heteroatoms. The molecule has 0 spiro atoms. The van der Waals surface area contributed by atoms with Gasteiger partial charge in [-0.2, -0.15) is 0 Å². The van der Waals surface area contributed by atoms with E-state index >= 15 is 0 Å². The molecular weight excluding hydrogens is 510 g/mol. The Morgan fingerprint density at radius 1 is 0.429 bits per heavy atom. The summed E-state index contributed by atoms with van der Waals surface area (Å²) in [6, 6.07) is 51.6. The van der Waals surface area contributed by atoms with E-state index in [4.69, 9.17) is 9.97 Å². The molecule has 1 aliphatic rings. The van der Waals surface area contributed by atoms with Gasteiger partial charge in [0.05, 0.1) is 11.2 Å². The molecular formula is C39H27N3. The molecule has 0 aliphatic heterocycles. The maximum Gasteiger partial charge on any atom is 0.230 e. The largest absolute Gasteiger partial charge is 0.314 e. The van der Waals surface area contributed by atoms with Gasteiger partial charge in [-0.1, -0.05) is 121 Å². The number of hydrogen-bond donors (Lipinski definition) is 0. The van der Waals surface area contributed by atoms with Crippen molar-refractivity contribution < 1.29 is 0 Å². The van der Waals surface area contributed by atoms with Crippen LogP contribution in [0, 0.1) is 0 Å². The molecule has 1 heterocycles. The SMILES string of the molecule is CN(c1ccccc1)c1nc(-c2ccc3c(c2)-c2ccccc2-c2ccccc2-c2ccccc2-3)c2ccccc2n1. The Kier molecular flexibility index (Phi) is 5.68. The van der Waals surface area contributed by atoms with Crippen molar-refractivity contribution in [1.29, 1.82) is 0 Å². The first-order valence-electron chi connectivity index (χ1n) is 14.2. The highest BCUT2D eigenvalue weighted by Gasteiger charge is 2.22. The van der Waals surface area contributed by atoms with E-state index in [0.29, 0.717) is 5.95 Å². The number of aromatic nitrogens is 2. The number of hydrogen-bond acceptors (Lipinski definition) is 3. The van der Waals surface area contributed by atoms with Crippen LogP contribution in [0.4, 0.5) is 11.6 Å². The predicted molar refractivity (Wildman–Crippen MR) is 175 cm³/mol. The lowest BCUT2D eigenvalue weighted by Gasteiger charge is -2.24. The number of para-hydroxylation sites is 2. The normalized spacial score (nSPS) is 11.5. The first-order chi connectivity index (χ1) is 20.8. The van der Waals surface area contributed by atoms with E-state index in [9.17, 15) is 0 Å². The van der Waals surface area contributed by atoms with Gasteiger partial charge in [0.25, 0.3) is 0 Å². The van der Waals surface area contributed by atoms with Crippen molar-refractivity contribution in [2.45, 2.75) is 0 Å². The summed E-state index contributed by atoms with van der Waals surface area (Å²) in [7, 11) is 2.02. The summed E-state index contributed by atoms with van der Waals surface area (Å²) < 4.78 is 0. The number of nitrogens with zero attached hydrogens (tertiary/aromatic N) is 3. The third-order valence-electron chi connectivity index (χ3n) is 8.27. The first kappa shape index (κ1) is 24.3. The highest BCUT2D eigenvalue weighted by molar-refractivity contribution is 6.04. The average Bonchev–Trinajstić information content (AvgIpc) is 3.07. The topological polar surface area (TPSA) is 29.0 Å². The van der Waals surface area contributed by atoms with Crippen LogP contribution in [0.3, 0.4) is 0 Å². The Morgan fingerprint density at radius 3 is 1.50 bits per heavy atom. The molecule has 0 amide bonds. The fourth-order valence-electron chi connectivity index (χ4n) is 6.21. The maximum absolute atomic E-state index is 5.19. The molecule has 6 aromatic carbocycles. The van der Waals surface area contributed by atoms with Crippen molar-refractivity contribution in [2.24, 2.45) is 0 Å². The molecule has 0 saturated heterocycles. The second kappa shape index (κ2) is 9.83. The molecule has 3 nitrogen and oxygen atoms in total. The second-order valence-corrected chi connectivity index (χ2v) is 10.7. The molecule has 0 unspecified atom stereocenters. The van der Waals surface area contributed by atoms with Crippen LogP contribution < -0.4 is 4.90 Å². The molecule has 0 fully saturated rings. The van der Waals surface area contributed by atoms with Gasteiger partial charge in [0.1, 0.15) is 0 Å². The van der Waals surface area contributed by atoms with Crippen LogP contribution in [0.1, 0.15) is 0 Å². The number of rotatable bonds is 3. The zero-order valence-corrected chi connectivity index (χ0v) is 23.2. The Morgan fingerprint density at radius 2 is 0.905 bits per heavy atom. The van der Waals surface area contributed by atoms with Crippen molar-refractivity contribution in [3.63, 3.8) is 0 Å². The zero-order chi connectivity index (χ0) is 28.0. The second-order valence-electron chi connectivity index (χ2n) is 10.7. The van der Waals surface area contributed by atoms with Crippen LogP contribution in [0.25, 0.3) is 66.7 Å². The van der Waals surface area contributed by atoms with Crippen molar-refractivity contribution in [2.75, 3.05) is 11.9 Å². The van der Waals surface area contributed by atoms with E-state index in [1.807, 2.05) is 36.2 Å². The molecule has 0 atom stereocenters. The molecule has 0 bridgehead atoms. The molecule has 0 saturated carbocycles. The van der Waals surface area contributed by atoms with E-state index in [0.717, 1.165) is 27.8 Å². The molecule has 42 heavy (non-hydrogen) atoms. The minimum atomic E-state index is 0.668. The quantitative estimate of drug-likeness (QED) is 0.224. The Bertz CT molecular complexity index is 2110. The molecule has 1 aromatic heterocycles. The van der Waals surface area contributed by atoms with Gasteiger partial charge >= 0.3 is 0 Å². The average molecular weight is 538 g/mol. The number of fused-ring (bicyclic) bond motifs is 9. The van der Waals surface area contributed by atoms with Crippen molar-refractivity contribution >= 4 is 22.5 Å². The first-order valence-corrected chi connectivity index (χ1v) is 14.2. The van der Waals surface area contributed by atoms with Crippen molar-refractivity contribution in [3.05, 3.63) is 146 Å². The fraction of sp³-hybridized carbons (Fsp3) is 0.0256. The van der Waals surface area contributed by atoms with Crippen LogP contribution in [0.15, 0.2) is 146 Å². The minimum Gasteiger partial charge on any atom is -0.314 e. The van der Waals surface area contributed by atoms with Crippen LogP contribution in [-0.4, -0.2) is 17.0 Å². The van der Waals surface area contributed by atoms with Gasteiger partial charge in [-0.3, -0.25) is 0 Å². The van der Waals surface area contributed by atoms with Crippen LogP contribution in [-0.2, 0) is 0 Å². The summed E-state index contributed by atoms with van der Waals surface area (Å²) in [6.07, 6.45) is 0. The van der Waals surface area contributed by atoms with E-state index in [1.54, 1.807) is 0 Å². The van der Waals surface area contributed by atoms with Crippen LogP contribution in [0.2, 0.25) is 0 Å². The maximum atomic E-state index is 5.19. The van der Waals surface area contributed by atoms with Gasteiger partial charge < -0.3 is 4.90 Å². The molecule has 198 valence electrons. The lowest BCUT2D eigenvalue weighted by atomic mass is 9.80. The number of benzene rings is 6. The van der Waals surface area contributed by atoms with E-state index < -0.39 is 0 Å². The van der Waals surface area contributed by atoms with Gasteiger partial charge in [-0.25, -0.2) is 9.97 Å². The van der Waals surface area contributed by atoms with E-state index in [1.165, 1.54) is 44.5 Å². The lowest BCUT2D eigenvalue weighted by Crippen LogP contribution is -2.13. The summed E-state index contributed by atoms with van der Waals surface area (Å²) in [5.41, 5.74) is 13.8. The summed E-state index contributed by atoms with van der Waals surface area (Å²) >= 11 is 0. The molecule has 0 radical (unpaired) electrons. The standard InChI is InChI=1S/C39H27N3/c1-42(27-13-3-2-4-14-27)39-40-37-22-12-11-21-35(37)38(41-39)26-23-24-34-32-19-8-7-17-30(32)28-15-5-6-16-29(28)31-18-9-10-20-33(31)36(34)25-26/h2-25H,1H3. The van der Waals surface area contributed by atoms with E-state index in [2.05, 4.69) is 121 Å². The Balaban J connectivity index is 1.40.